The highest BCUT2D eigenvalue weighted by molar-refractivity contribution is 5.89. The van der Waals surface area contributed by atoms with E-state index in [9.17, 15) is 9.18 Å². The quantitative estimate of drug-likeness (QED) is 0.875. The lowest BCUT2D eigenvalue weighted by Crippen LogP contribution is -2.02. The lowest BCUT2D eigenvalue weighted by molar-refractivity contribution is 0.0600. The van der Waals surface area contributed by atoms with Crippen LogP contribution in [0.25, 0.3) is 0 Å². The molecule has 1 heterocycles. The number of rotatable bonds is 4. The molecule has 0 aliphatic rings. The van der Waals surface area contributed by atoms with Crippen molar-refractivity contribution in [2.24, 2.45) is 0 Å². The van der Waals surface area contributed by atoms with Gasteiger partial charge in [-0.25, -0.2) is 9.18 Å². The van der Waals surface area contributed by atoms with Crippen molar-refractivity contribution in [2.45, 2.75) is 13.5 Å². The first-order valence-corrected chi connectivity index (χ1v) is 6.15. The molecule has 0 saturated carbocycles. The van der Waals surface area contributed by atoms with E-state index < -0.39 is 11.8 Å². The molecule has 0 atom stereocenters. The Hall–Kier alpha value is -2.81. The predicted molar refractivity (Wildman–Crippen MR) is 73.2 cm³/mol. The van der Waals surface area contributed by atoms with Gasteiger partial charge in [0.25, 0.3) is 0 Å². The number of carbonyl (C=O) groups is 1. The third-order valence-electron chi connectivity index (χ3n) is 3.00. The van der Waals surface area contributed by atoms with E-state index in [1.54, 1.807) is 19.1 Å². The molecule has 0 spiro atoms. The third-order valence-corrected chi connectivity index (χ3v) is 3.00. The van der Waals surface area contributed by atoms with Crippen molar-refractivity contribution < 1.29 is 18.3 Å². The number of nitrogens with zero attached hydrogens (tertiary/aromatic N) is 1. The molecule has 0 bridgehead atoms. The Morgan fingerprint density at radius 2 is 2.24 bits per heavy atom. The number of nitriles is 1. The van der Waals surface area contributed by atoms with Crippen molar-refractivity contribution in [1.82, 2.24) is 0 Å². The zero-order valence-electron chi connectivity index (χ0n) is 11.6. The fourth-order valence-electron chi connectivity index (χ4n) is 1.81. The molecule has 2 rings (SSSR count). The summed E-state index contributed by atoms with van der Waals surface area (Å²) in [7, 11) is 1.28. The Morgan fingerprint density at radius 1 is 1.48 bits per heavy atom. The van der Waals surface area contributed by atoms with Gasteiger partial charge in [0.05, 0.1) is 30.9 Å². The molecule has 1 aromatic carbocycles. The van der Waals surface area contributed by atoms with Crippen LogP contribution >= 0.6 is 0 Å². The van der Waals surface area contributed by atoms with Crippen LogP contribution < -0.4 is 5.32 Å². The van der Waals surface area contributed by atoms with Gasteiger partial charge >= 0.3 is 5.97 Å². The zero-order valence-corrected chi connectivity index (χ0v) is 11.6. The first kappa shape index (κ1) is 14.6. The number of methoxy groups -OCH3 is 1. The number of nitrogens with one attached hydrogen (secondary N) is 1. The SMILES string of the molecule is COC(=O)c1coc(CNc2cc(C#N)cc(F)c2C)c1. The highest BCUT2D eigenvalue weighted by atomic mass is 19.1. The minimum Gasteiger partial charge on any atom is -0.467 e. The summed E-state index contributed by atoms with van der Waals surface area (Å²) in [6.45, 7) is 1.87. The van der Waals surface area contributed by atoms with E-state index in [1.807, 2.05) is 6.07 Å². The molecular weight excluding hydrogens is 275 g/mol. The average Bonchev–Trinajstić information content (AvgIpc) is 2.96. The van der Waals surface area contributed by atoms with Gasteiger partial charge < -0.3 is 14.5 Å². The molecule has 5 nitrogen and oxygen atoms in total. The summed E-state index contributed by atoms with van der Waals surface area (Å²) in [5.74, 6) is -0.442. The second kappa shape index (κ2) is 6.09. The maximum absolute atomic E-state index is 13.6. The van der Waals surface area contributed by atoms with Crippen LogP contribution in [0.1, 0.15) is 27.2 Å². The first-order valence-electron chi connectivity index (χ1n) is 6.15. The minimum atomic E-state index is -0.487. The monoisotopic (exact) mass is 288 g/mol. The number of ether oxygens (including phenoxy) is 1. The Labute approximate surface area is 120 Å². The normalized spacial score (nSPS) is 10.0. The Kier molecular flexibility index (Phi) is 4.24. The molecule has 0 unspecified atom stereocenters. The molecule has 0 saturated heterocycles. The number of benzene rings is 1. The summed E-state index contributed by atoms with van der Waals surface area (Å²) >= 11 is 0. The predicted octanol–water partition coefficient (Wildman–Crippen LogP) is 3.00. The van der Waals surface area contributed by atoms with Crippen molar-refractivity contribution in [3.05, 3.63) is 52.7 Å². The van der Waals surface area contributed by atoms with E-state index in [1.165, 1.54) is 19.4 Å². The molecule has 21 heavy (non-hydrogen) atoms. The lowest BCUT2D eigenvalue weighted by Gasteiger charge is -2.09. The summed E-state index contributed by atoms with van der Waals surface area (Å²) in [4.78, 5) is 11.3. The molecule has 6 heteroatoms. The topological polar surface area (TPSA) is 75.3 Å². The standard InChI is InChI=1S/C15H13FN2O3/c1-9-13(16)3-10(6-17)4-14(9)18-7-12-5-11(8-21-12)15(19)20-2/h3-5,8,18H,7H2,1-2H3. The molecule has 0 amide bonds. The van der Waals surface area contributed by atoms with Gasteiger partial charge in [0.1, 0.15) is 17.8 Å². The minimum absolute atomic E-state index is 0.232. The van der Waals surface area contributed by atoms with Gasteiger partial charge in [0.15, 0.2) is 0 Å². The van der Waals surface area contributed by atoms with E-state index in [0.29, 0.717) is 22.6 Å². The molecule has 0 aliphatic carbocycles. The average molecular weight is 288 g/mol. The van der Waals surface area contributed by atoms with Gasteiger partial charge in [-0.1, -0.05) is 0 Å². The molecule has 1 aromatic heterocycles. The smallest absolute Gasteiger partial charge is 0.341 e. The molecular formula is C15H13FN2O3. The summed E-state index contributed by atoms with van der Waals surface area (Å²) in [5.41, 5.74) is 1.45. The second-order valence-electron chi connectivity index (χ2n) is 4.39. The largest absolute Gasteiger partial charge is 0.467 e. The highest BCUT2D eigenvalue weighted by Gasteiger charge is 2.11. The molecule has 2 aromatic rings. The molecule has 108 valence electrons. The van der Waals surface area contributed by atoms with Crippen LogP contribution in [-0.2, 0) is 11.3 Å². The van der Waals surface area contributed by atoms with E-state index in [-0.39, 0.29) is 12.1 Å². The van der Waals surface area contributed by atoms with Gasteiger partial charge in [-0.2, -0.15) is 5.26 Å². The fraction of sp³-hybridized carbons (Fsp3) is 0.200. The summed E-state index contributed by atoms with van der Waals surface area (Å²) in [6, 6.07) is 6.18. The second-order valence-corrected chi connectivity index (χ2v) is 4.39. The number of carbonyl (C=O) groups excluding carboxylic acids is 1. The fourth-order valence-corrected chi connectivity index (χ4v) is 1.81. The summed E-state index contributed by atoms with van der Waals surface area (Å²) in [6.07, 6.45) is 1.29. The maximum Gasteiger partial charge on any atom is 0.341 e. The lowest BCUT2D eigenvalue weighted by atomic mass is 10.1. The van der Waals surface area contributed by atoms with Crippen molar-refractivity contribution in [3.63, 3.8) is 0 Å². The number of esters is 1. The number of anilines is 1. The molecule has 0 fully saturated rings. The van der Waals surface area contributed by atoms with Crippen LogP contribution in [0.15, 0.2) is 28.9 Å². The molecule has 0 radical (unpaired) electrons. The van der Waals surface area contributed by atoms with Gasteiger partial charge in [-0.3, -0.25) is 0 Å². The van der Waals surface area contributed by atoms with Crippen molar-refractivity contribution >= 4 is 11.7 Å². The van der Waals surface area contributed by atoms with Crippen LogP contribution in [0.2, 0.25) is 0 Å². The van der Waals surface area contributed by atoms with Crippen LogP contribution in [-0.4, -0.2) is 13.1 Å². The van der Waals surface area contributed by atoms with Gasteiger partial charge in [-0.15, -0.1) is 0 Å². The number of hydrogen-bond acceptors (Lipinski definition) is 5. The van der Waals surface area contributed by atoms with Gasteiger partial charge in [-0.05, 0) is 25.1 Å². The van der Waals surface area contributed by atoms with Gasteiger partial charge in [0.2, 0.25) is 0 Å². The van der Waals surface area contributed by atoms with Crippen LogP contribution in [0.3, 0.4) is 0 Å². The van der Waals surface area contributed by atoms with Crippen LogP contribution in [0, 0.1) is 24.1 Å². The molecule has 1 N–H and O–H groups in total. The number of halogens is 1. The summed E-state index contributed by atoms with van der Waals surface area (Å²) < 4.78 is 23.4. The highest BCUT2D eigenvalue weighted by Crippen LogP contribution is 2.21. The van der Waals surface area contributed by atoms with Crippen LogP contribution in [0.5, 0.6) is 0 Å². The number of hydrogen-bond donors (Lipinski definition) is 1. The van der Waals surface area contributed by atoms with E-state index in [0.717, 1.165) is 0 Å². The van der Waals surface area contributed by atoms with Crippen LogP contribution in [0.4, 0.5) is 10.1 Å². The van der Waals surface area contributed by atoms with Crippen molar-refractivity contribution in [3.8, 4) is 6.07 Å². The number of furan rings is 1. The van der Waals surface area contributed by atoms with E-state index in [2.05, 4.69) is 10.1 Å². The van der Waals surface area contributed by atoms with Crippen molar-refractivity contribution in [1.29, 1.82) is 5.26 Å². The third kappa shape index (κ3) is 3.20. The maximum atomic E-state index is 13.6. The Morgan fingerprint density at radius 3 is 2.90 bits per heavy atom. The first-order chi connectivity index (χ1) is 10.0. The molecule has 0 aliphatic heterocycles. The van der Waals surface area contributed by atoms with Crippen molar-refractivity contribution in [2.75, 3.05) is 12.4 Å². The van der Waals surface area contributed by atoms with Gasteiger partial charge in [0, 0.05) is 11.3 Å². The Bertz CT molecular complexity index is 716. The van der Waals surface area contributed by atoms with E-state index >= 15 is 0 Å². The zero-order chi connectivity index (χ0) is 15.4. The Balaban J connectivity index is 2.13. The summed E-state index contributed by atoms with van der Waals surface area (Å²) in [5, 5.41) is 11.8. The van der Waals surface area contributed by atoms with E-state index in [4.69, 9.17) is 9.68 Å².